The predicted molar refractivity (Wildman–Crippen MR) is 76.9 cm³/mol. The van der Waals surface area contributed by atoms with Crippen LogP contribution in [0.25, 0.3) is 0 Å². The van der Waals surface area contributed by atoms with Crippen molar-refractivity contribution in [1.29, 1.82) is 0 Å². The van der Waals surface area contributed by atoms with Crippen LogP contribution in [0.5, 0.6) is 0 Å². The highest BCUT2D eigenvalue weighted by molar-refractivity contribution is 7.07. The zero-order chi connectivity index (χ0) is 13.7. The summed E-state index contributed by atoms with van der Waals surface area (Å²) in [6.45, 7) is 0.524. The van der Waals surface area contributed by atoms with Gasteiger partial charge in [-0.15, -0.1) is 11.3 Å². The molecule has 19 heavy (non-hydrogen) atoms. The number of hydrogen-bond acceptors (Lipinski definition) is 5. The number of thiazole rings is 1. The number of hydrogen-bond donors (Lipinski definition) is 2. The molecule has 0 atom stereocenters. The Morgan fingerprint density at radius 3 is 3.00 bits per heavy atom. The molecular weight excluding hydrogens is 284 g/mol. The quantitative estimate of drug-likeness (QED) is 0.888. The third-order valence-electron chi connectivity index (χ3n) is 2.51. The summed E-state index contributed by atoms with van der Waals surface area (Å²) in [7, 11) is 1.74. The van der Waals surface area contributed by atoms with E-state index in [2.05, 4.69) is 20.6 Å². The maximum absolute atomic E-state index is 12.0. The molecule has 2 aromatic heterocycles. The van der Waals surface area contributed by atoms with Crippen LogP contribution < -0.4 is 10.6 Å². The highest BCUT2D eigenvalue weighted by Gasteiger charge is 2.11. The minimum absolute atomic E-state index is 0.209. The van der Waals surface area contributed by atoms with Crippen LogP contribution in [0.2, 0.25) is 5.02 Å². The molecule has 7 heteroatoms. The van der Waals surface area contributed by atoms with Crippen molar-refractivity contribution in [3.63, 3.8) is 0 Å². The van der Waals surface area contributed by atoms with Crippen LogP contribution in [0.15, 0.2) is 23.2 Å². The number of nitrogens with one attached hydrogen (secondary N) is 2. The SMILES string of the molecule is CNc1cc(C(=O)NCCc2cscn2)c(Cl)cn1. The first-order chi connectivity index (χ1) is 9.20. The fourth-order valence-corrected chi connectivity index (χ4v) is 2.29. The fourth-order valence-electron chi connectivity index (χ4n) is 1.51. The van der Waals surface area contributed by atoms with Gasteiger partial charge in [-0.25, -0.2) is 9.97 Å². The second kappa shape index (κ2) is 6.49. The first kappa shape index (κ1) is 13.8. The van der Waals surface area contributed by atoms with Gasteiger partial charge in [0.05, 0.1) is 21.8 Å². The second-order valence-electron chi connectivity index (χ2n) is 3.79. The summed E-state index contributed by atoms with van der Waals surface area (Å²) in [6.07, 6.45) is 2.17. The summed E-state index contributed by atoms with van der Waals surface area (Å²) in [6, 6.07) is 1.63. The van der Waals surface area contributed by atoms with E-state index < -0.39 is 0 Å². The summed E-state index contributed by atoms with van der Waals surface area (Å²) < 4.78 is 0. The smallest absolute Gasteiger partial charge is 0.253 e. The molecule has 0 unspecified atom stereocenters. The minimum atomic E-state index is -0.209. The Kier molecular flexibility index (Phi) is 4.70. The molecule has 2 aromatic rings. The van der Waals surface area contributed by atoms with Gasteiger partial charge in [0.15, 0.2) is 0 Å². The number of carbonyl (C=O) groups is 1. The van der Waals surface area contributed by atoms with E-state index in [0.717, 1.165) is 5.69 Å². The van der Waals surface area contributed by atoms with Crippen LogP contribution >= 0.6 is 22.9 Å². The number of aromatic nitrogens is 2. The van der Waals surface area contributed by atoms with Crippen LogP contribution in [-0.4, -0.2) is 29.5 Å². The van der Waals surface area contributed by atoms with Crippen LogP contribution in [-0.2, 0) is 6.42 Å². The summed E-state index contributed by atoms with van der Waals surface area (Å²) in [4.78, 5) is 20.2. The number of halogens is 1. The van der Waals surface area contributed by atoms with Gasteiger partial charge in [-0.2, -0.15) is 0 Å². The van der Waals surface area contributed by atoms with Gasteiger partial charge < -0.3 is 10.6 Å². The molecule has 0 aromatic carbocycles. The monoisotopic (exact) mass is 296 g/mol. The number of nitrogens with zero attached hydrogens (tertiary/aromatic N) is 2. The highest BCUT2D eigenvalue weighted by atomic mass is 35.5. The third-order valence-corrected chi connectivity index (χ3v) is 3.44. The molecule has 1 amide bonds. The van der Waals surface area contributed by atoms with Crippen molar-refractivity contribution >= 4 is 34.7 Å². The molecule has 0 spiro atoms. The van der Waals surface area contributed by atoms with Gasteiger partial charge >= 0.3 is 0 Å². The number of anilines is 1. The molecule has 2 heterocycles. The molecule has 0 aliphatic carbocycles. The van der Waals surface area contributed by atoms with Crippen LogP contribution in [0, 0.1) is 0 Å². The maximum atomic E-state index is 12.0. The Labute approximate surface area is 120 Å². The van der Waals surface area contributed by atoms with Gasteiger partial charge in [-0.3, -0.25) is 4.79 Å². The fraction of sp³-hybridized carbons (Fsp3) is 0.250. The molecule has 0 saturated carbocycles. The van der Waals surface area contributed by atoms with Crippen LogP contribution in [0.1, 0.15) is 16.1 Å². The Morgan fingerprint density at radius 1 is 1.47 bits per heavy atom. The van der Waals surface area contributed by atoms with Gasteiger partial charge in [-0.1, -0.05) is 11.6 Å². The van der Waals surface area contributed by atoms with E-state index in [1.54, 1.807) is 30.0 Å². The summed E-state index contributed by atoms with van der Waals surface area (Å²) >= 11 is 7.51. The van der Waals surface area contributed by atoms with Crippen molar-refractivity contribution in [3.05, 3.63) is 39.4 Å². The summed E-state index contributed by atoms with van der Waals surface area (Å²) in [5.74, 6) is 0.396. The third kappa shape index (κ3) is 3.65. The van der Waals surface area contributed by atoms with Crippen molar-refractivity contribution in [1.82, 2.24) is 15.3 Å². The molecule has 0 aliphatic heterocycles. The van der Waals surface area contributed by atoms with Crippen LogP contribution in [0.4, 0.5) is 5.82 Å². The number of pyridine rings is 1. The Morgan fingerprint density at radius 2 is 2.32 bits per heavy atom. The molecule has 0 bridgehead atoms. The Hall–Kier alpha value is -1.66. The predicted octanol–water partition coefficient (Wildman–Crippen LogP) is 2.21. The standard InChI is InChI=1S/C12H13ClN4OS/c1-14-11-4-9(10(13)5-16-11)12(18)15-3-2-8-6-19-7-17-8/h4-7H,2-3H2,1H3,(H,14,16)(H,15,18). The molecule has 2 N–H and O–H groups in total. The Bertz CT molecular complexity index is 559. The lowest BCUT2D eigenvalue weighted by molar-refractivity contribution is 0.0954. The van der Waals surface area contributed by atoms with E-state index >= 15 is 0 Å². The number of rotatable bonds is 5. The summed E-state index contributed by atoms with van der Waals surface area (Å²) in [5, 5.41) is 7.99. The van der Waals surface area contributed by atoms with Gasteiger partial charge in [0.1, 0.15) is 5.82 Å². The van der Waals surface area contributed by atoms with Gasteiger partial charge in [-0.05, 0) is 6.07 Å². The second-order valence-corrected chi connectivity index (χ2v) is 4.91. The van der Waals surface area contributed by atoms with E-state index in [1.807, 2.05) is 5.38 Å². The Balaban J connectivity index is 1.95. The normalized spacial score (nSPS) is 10.2. The van der Waals surface area contributed by atoms with Gasteiger partial charge in [0, 0.05) is 31.6 Å². The van der Waals surface area contributed by atoms with E-state index in [-0.39, 0.29) is 5.91 Å². The average molecular weight is 297 g/mol. The maximum Gasteiger partial charge on any atom is 0.253 e. The zero-order valence-corrected chi connectivity index (χ0v) is 11.9. The van der Waals surface area contributed by atoms with E-state index in [4.69, 9.17) is 11.6 Å². The molecule has 100 valence electrons. The van der Waals surface area contributed by atoms with E-state index in [0.29, 0.717) is 29.4 Å². The topological polar surface area (TPSA) is 66.9 Å². The number of amides is 1. The minimum Gasteiger partial charge on any atom is -0.373 e. The average Bonchev–Trinajstić information content (AvgIpc) is 2.92. The van der Waals surface area contributed by atoms with Gasteiger partial charge in [0.2, 0.25) is 0 Å². The first-order valence-corrected chi connectivity index (χ1v) is 7.01. The molecule has 0 aliphatic rings. The van der Waals surface area contributed by atoms with Crippen molar-refractivity contribution in [3.8, 4) is 0 Å². The van der Waals surface area contributed by atoms with Crippen molar-refractivity contribution in [2.45, 2.75) is 6.42 Å². The van der Waals surface area contributed by atoms with E-state index in [1.165, 1.54) is 6.20 Å². The molecular formula is C12H13ClN4OS. The molecule has 0 radical (unpaired) electrons. The molecule has 0 saturated heterocycles. The molecule has 2 rings (SSSR count). The molecule has 0 fully saturated rings. The van der Waals surface area contributed by atoms with E-state index in [9.17, 15) is 4.79 Å². The summed E-state index contributed by atoms with van der Waals surface area (Å²) in [5.41, 5.74) is 3.16. The van der Waals surface area contributed by atoms with Crippen LogP contribution in [0.3, 0.4) is 0 Å². The van der Waals surface area contributed by atoms with Crippen molar-refractivity contribution in [2.75, 3.05) is 18.9 Å². The largest absolute Gasteiger partial charge is 0.373 e. The number of carbonyl (C=O) groups excluding carboxylic acids is 1. The van der Waals surface area contributed by atoms with Gasteiger partial charge in [0.25, 0.3) is 5.91 Å². The lowest BCUT2D eigenvalue weighted by Crippen LogP contribution is -2.26. The molecule has 5 nitrogen and oxygen atoms in total. The zero-order valence-electron chi connectivity index (χ0n) is 10.3. The lowest BCUT2D eigenvalue weighted by atomic mass is 10.2. The lowest BCUT2D eigenvalue weighted by Gasteiger charge is -2.07. The first-order valence-electron chi connectivity index (χ1n) is 5.69. The van der Waals surface area contributed by atoms with Crippen molar-refractivity contribution < 1.29 is 4.79 Å². The van der Waals surface area contributed by atoms with Crippen molar-refractivity contribution in [2.24, 2.45) is 0 Å². The highest BCUT2D eigenvalue weighted by Crippen LogP contribution is 2.17.